The highest BCUT2D eigenvalue weighted by molar-refractivity contribution is 7.89. The Morgan fingerprint density at radius 1 is 0.889 bits per heavy atom. The van der Waals surface area contributed by atoms with Gasteiger partial charge in [-0.25, -0.2) is 21.6 Å². The summed E-state index contributed by atoms with van der Waals surface area (Å²) in [7, 11) is -4.25. The third kappa shape index (κ3) is 3.04. The average Bonchev–Trinajstić information content (AvgIpc) is 3.10. The van der Waals surface area contributed by atoms with Crippen LogP contribution in [0, 0.1) is 17.5 Å². The Balaban J connectivity index is 1.86. The monoisotopic (exact) mass is 392 g/mol. The lowest BCUT2D eigenvalue weighted by atomic mass is 10.0. The SMILES string of the molecule is O=S(=O)(c1ccc(F)cc1F)N1CCn2cccc2[C@H]1c1ccc(F)cc1. The van der Waals surface area contributed by atoms with Gasteiger partial charge in [0.1, 0.15) is 22.3 Å². The van der Waals surface area contributed by atoms with Gasteiger partial charge in [0, 0.05) is 31.0 Å². The van der Waals surface area contributed by atoms with E-state index in [0.29, 0.717) is 23.9 Å². The lowest BCUT2D eigenvalue weighted by molar-refractivity contribution is 0.297. The van der Waals surface area contributed by atoms with Crippen LogP contribution < -0.4 is 0 Å². The van der Waals surface area contributed by atoms with E-state index in [1.807, 2.05) is 10.8 Å². The molecule has 2 aromatic carbocycles. The first-order valence-corrected chi connectivity index (χ1v) is 9.69. The standard InChI is InChI=1S/C19H15F3N2O2S/c20-14-5-3-13(4-6-14)19-17-2-1-9-23(17)10-11-24(19)27(25,26)18-8-7-15(21)12-16(18)22/h1-9,12,19H,10-11H2/t19-/m1/s1. The summed E-state index contributed by atoms with van der Waals surface area (Å²) in [5.41, 5.74) is 1.25. The van der Waals surface area contributed by atoms with Gasteiger partial charge in [0.25, 0.3) is 0 Å². The number of sulfonamides is 1. The van der Waals surface area contributed by atoms with Crippen LogP contribution in [0.25, 0.3) is 0 Å². The second kappa shape index (κ2) is 6.54. The van der Waals surface area contributed by atoms with Crippen molar-refractivity contribution in [2.24, 2.45) is 0 Å². The molecule has 1 aromatic heterocycles. The lowest BCUT2D eigenvalue weighted by Gasteiger charge is -2.36. The summed E-state index contributed by atoms with van der Waals surface area (Å²) >= 11 is 0. The van der Waals surface area contributed by atoms with Crippen LogP contribution in [0.2, 0.25) is 0 Å². The first kappa shape index (κ1) is 17.8. The summed E-state index contributed by atoms with van der Waals surface area (Å²) < 4.78 is 70.2. The lowest BCUT2D eigenvalue weighted by Crippen LogP contribution is -2.42. The van der Waals surface area contributed by atoms with Gasteiger partial charge in [0.15, 0.2) is 0 Å². The topological polar surface area (TPSA) is 42.3 Å². The van der Waals surface area contributed by atoms with Crippen LogP contribution in [-0.4, -0.2) is 23.8 Å². The van der Waals surface area contributed by atoms with Gasteiger partial charge >= 0.3 is 0 Å². The van der Waals surface area contributed by atoms with E-state index in [1.54, 1.807) is 12.1 Å². The second-order valence-electron chi connectivity index (χ2n) is 6.27. The molecule has 8 heteroatoms. The van der Waals surface area contributed by atoms with Gasteiger partial charge in [-0.1, -0.05) is 12.1 Å². The van der Waals surface area contributed by atoms with E-state index in [9.17, 15) is 21.6 Å². The van der Waals surface area contributed by atoms with Gasteiger partial charge in [0.05, 0.1) is 6.04 Å². The van der Waals surface area contributed by atoms with Crippen molar-refractivity contribution in [1.82, 2.24) is 8.87 Å². The van der Waals surface area contributed by atoms with Crippen molar-refractivity contribution >= 4 is 10.0 Å². The van der Waals surface area contributed by atoms with Gasteiger partial charge in [-0.05, 0) is 42.0 Å². The van der Waals surface area contributed by atoms with Crippen molar-refractivity contribution in [3.63, 3.8) is 0 Å². The van der Waals surface area contributed by atoms with E-state index in [-0.39, 0.29) is 6.54 Å². The molecule has 0 saturated heterocycles. The Morgan fingerprint density at radius 3 is 2.30 bits per heavy atom. The minimum Gasteiger partial charge on any atom is -0.348 e. The van der Waals surface area contributed by atoms with Crippen molar-refractivity contribution in [3.8, 4) is 0 Å². The second-order valence-corrected chi connectivity index (χ2v) is 8.13. The number of hydrogen-bond acceptors (Lipinski definition) is 2. The number of aromatic nitrogens is 1. The van der Waals surface area contributed by atoms with Gasteiger partial charge in [-0.15, -0.1) is 0 Å². The molecule has 0 saturated carbocycles. The maximum atomic E-state index is 14.2. The number of rotatable bonds is 3. The summed E-state index contributed by atoms with van der Waals surface area (Å²) in [6.45, 7) is 0.491. The van der Waals surface area contributed by atoms with E-state index < -0.39 is 38.4 Å². The Hall–Kier alpha value is -2.58. The van der Waals surface area contributed by atoms with Crippen LogP contribution in [0.4, 0.5) is 13.2 Å². The molecular formula is C19H15F3N2O2S. The normalized spacial score (nSPS) is 17.7. The highest BCUT2D eigenvalue weighted by Gasteiger charge is 2.38. The predicted molar refractivity (Wildman–Crippen MR) is 92.9 cm³/mol. The quantitative estimate of drug-likeness (QED) is 0.682. The molecule has 3 aromatic rings. The minimum absolute atomic E-state index is 0.100. The van der Waals surface area contributed by atoms with Crippen molar-refractivity contribution in [2.45, 2.75) is 17.5 Å². The van der Waals surface area contributed by atoms with Gasteiger partial charge in [-0.3, -0.25) is 0 Å². The van der Waals surface area contributed by atoms with Crippen molar-refractivity contribution < 1.29 is 21.6 Å². The van der Waals surface area contributed by atoms with Crippen LogP contribution in [0.5, 0.6) is 0 Å². The molecule has 1 atom stereocenters. The van der Waals surface area contributed by atoms with Crippen LogP contribution in [0.15, 0.2) is 65.7 Å². The molecule has 0 radical (unpaired) electrons. The molecule has 27 heavy (non-hydrogen) atoms. The number of nitrogens with zero attached hydrogens (tertiary/aromatic N) is 2. The van der Waals surface area contributed by atoms with E-state index in [4.69, 9.17) is 0 Å². The minimum atomic E-state index is -4.25. The Morgan fingerprint density at radius 2 is 1.59 bits per heavy atom. The maximum Gasteiger partial charge on any atom is 0.246 e. The van der Waals surface area contributed by atoms with Crippen LogP contribution >= 0.6 is 0 Å². The summed E-state index contributed by atoms with van der Waals surface area (Å²) in [4.78, 5) is -0.587. The fourth-order valence-corrected chi connectivity index (χ4v) is 5.04. The van der Waals surface area contributed by atoms with E-state index >= 15 is 0 Å². The smallest absolute Gasteiger partial charge is 0.246 e. The molecule has 0 unspecified atom stereocenters. The highest BCUT2D eigenvalue weighted by atomic mass is 32.2. The predicted octanol–water partition coefficient (Wildman–Crippen LogP) is 3.70. The zero-order valence-corrected chi connectivity index (χ0v) is 14.8. The fraction of sp³-hybridized carbons (Fsp3) is 0.158. The highest BCUT2D eigenvalue weighted by Crippen LogP contribution is 2.37. The first-order valence-electron chi connectivity index (χ1n) is 8.25. The first-order chi connectivity index (χ1) is 12.9. The molecule has 0 fully saturated rings. The fourth-order valence-electron chi connectivity index (χ4n) is 3.41. The number of halogens is 3. The molecule has 4 nitrogen and oxygen atoms in total. The Bertz CT molecular complexity index is 1090. The molecule has 4 rings (SSSR count). The molecule has 0 bridgehead atoms. The molecule has 0 N–H and O–H groups in total. The number of hydrogen-bond donors (Lipinski definition) is 0. The third-order valence-corrected chi connectivity index (χ3v) is 6.56. The van der Waals surface area contributed by atoms with E-state index in [1.165, 1.54) is 28.6 Å². The van der Waals surface area contributed by atoms with E-state index in [2.05, 4.69) is 0 Å². The van der Waals surface area contributed by atoms with E-state index in [0.717, 1.165) is 12.1 Å². The third-order valence-electron chi connectivity index (χ3n) is 4.66. The molecule has 0 amide bonds. The van der Waals surface area contributed by atoms with Crippen LogP contribution in [0.3, 0.4) is 0 Å². The molecule has 140 valence electrons. The van der Waals surface area contributed by atoms with Gasteiger partial charge < -0.3 is 4.57 Å². The van der Waals surface area contributed by atoms with Gasteiger partial charge in [-0.2, -0.15) is 4.31 Å². The zero-order valence-electron chi connectivity index (χ0n) is 14.0. The molecule has 0 aliphatic carbocycles. The number of benzene rings is 2. The summed E-state index contributed by atoms with van der Waals surface area (Å²) in [6, 6.07) is 10.7. The zero-order chi connectivity index (χ0) is 19.2. The largest absolute Gasteiger partial charge is 0.348 e. The van der Waals surface area contributed by atoms with Gasteiger partial charge in [0.2, 0.25) is 10.0 Å². The molecule has 2 heterocycles. The maximum absolute atomic E-state index is 14.2. The summed E-state index contributed by atoms with van der Waals surface area (Å²) in [6.07, 6.45) is 1.83. The van der Waals surface area contributed by atoms with Crippen LogP contribution in [0.1, 0.15) is 17.3 Å². The molecule has 1 aliphatic rings. The van der Waals surface area contributed by atoms with Crippen molar-refractivity contribution in [3.05, 3.63) is 89.5 Å². The van der Waals surface area contributed by atoms with Crippen molar-refractivity contribution in [2.75, 3.05) is 6.54 Å². The molecule has 0 spiro atoms. The average molecular weight is 392 g/mol. The summed E-state index contributed by atoms with van der Waals surface area (Å²) in [5, 5.41) is 0. The Labute approximate surface area is 154 Å². The Kier molecular flexibility index (Phi) is 4.32. The molecular weight excluding hydrogens is 377 g/mol. The summed E-state index contributed by atoms with van der Waals surface area (Å²) in [5.74, 6) is -2.44. The van der Waals surface area contributed by atoms with Crippen molar-refractivity contribution in [1.29, 1.82) is 0 Å². The number of fused-ring (bicyclic) bond motifs is 1. The van der Waals surface area contributed by atoms with Crippen LogP contribution in [-0.2, 0) is 16.6 Å². The molecule has 1 aliphatic heterocycles.